The molecule has 0 saturated carbocycles. The Kier molecular flexibility index (Phi) is 3.42. The van der Waals surface area contributed by atoms with Crippen molar-refractivity contribution in [2.75, 3.05) is 0 Å². The fraction of sp³-hybridized carbons (Fsp3) is 0.0588. The molecule has 18 heavy (non-hydrogen) atoms. The minimum absolute atomic E-state index is 0.669. The first kappa shape index (κ1) is 12.3. The molecule has 0 saturated heterocycles. The molecule has 86 valence electrons. The highest BCUT2D eigenvalue weighted by atomic mass is 35.5. The molecular formula is C17H11Cl. The Bertz CT molecular complexity index is 682. The van der Waals surface area contributed by atoms with Crippen LogP contribution in [0.4, 0.5) is 0 Å². The average Bonchev–Trinajstić information content (AvgIpc) is 2.38. The molecule has 2 rings (SSSR count). The molecule has 0 aromatic heterocycles. The van der Waals surface area contributed by atoms with Crippen molar-refractivity contribution in [3.05, 3.63) is 58.1 Å². The van der Waals surface area contributed by atoms with Crippen molar-refractivity contribution < 1.29 is 0 Å². The highest BCUT2D eigenvalue weighted by molar-refractivity contribution is 6.33. The molecule has 0 aliphatic heterocycles. The van der Waals surface area contributed by atoms with Crippen molar-refractivity contribution in [3.63, 3.8) is 0 Å². The van der Waals surface area contributed by atoms with Crippen LogP contribution in [0.5, 0.6) is 0 Å². The summed E-state index contributed by atoms with van der Waals surface area (Å²) in [7, 11) is 0. The third kappa shape index (κ3) is 2.40. The van der Waals surface area contributed by atoms with Crippen LogP contribution in [0.1, 0.15) is 16.7 Å². The molecule has 0 radical (unpaired) electrons. The molecule has 0 unspecified atom stereocenters. The van der Waals surface area contributed by atoms with Crippen molar-refractivity contribution in [2.45, 2.75) is 6.92 Å². The van der Waals surface area contributed by atoms with E-state index < -0.39 is 0 Å². The highest BCUT2D eigenvalue weighted by Crippen LogP contribution is 2.30. The Labute approximate surface area is 113 Å². The van der Waals surface area contributed by atoms with Crippen LogP contribution in [0.25, 0.3) is 11.1 Å². The van der Waals surface area contributed by atoms with Gasteiger partial charge in [-0.15, -0.1) is 12.8 Å². The van der Waals surface area contributed by atoms with E-state index in [0.29, 0.717) is 5.02 Å². The molecule has 0 atom stereocenters. The SMILES string of the molecule is C#Cc1cc(C)cc(-c2cc(C#C)ccc2Cl)c1. The first-order valence-corrected chi connectivity index (χ1v) is 5.86. The fourth-order valence-corrected chi connectivity index (χ4v) is 2.08. The summed E-state index contributed by atoms with van der Waals surface area (Å²) in [6.45, 7) is 2.00. The van der Waals surface area contributed by atoms with Gasteiger partial charge in [0.05, 0.1) is 0 Å². The van der Waals surface area contributed by atoms with Gasteiger partial charge in [0.1, 0.15) is 0 Å². The van der Waals surface area contributed by atoms with Crippen LogP contribution >= 0.6 is 11.6 Å². The maximum Gasteiger partial charge on any atom is 0.0485 e. The van der Waals surface area contributed by atoms with E-state index in [4.69, 9.17) is 24.4 Å². The van der Waals surface area contributed by atoms with E-state index in [-0.39, 0.29) is 0 Å². The predicted octanol–water partition coefficient (Wildman–Crippen LogP) is 4.28. The zero-order chi connectivity index (χ0) is 13.1. The Morgan fingerprint density at radius 2 is 1.67 bits per heavy atom. The molecule has 0 aliphatic carbocycles. The lowest BCUT2D eigenvalue weighted by atomic mass is 9.99. The molecule has 2 aromatic rings. The molecule has 0 nitrogen and oxygen atoms in total. The van der Waals surface area contributed by atoms with Crippen molar-refractivity contribution >= 4 is 11.6 Å². The van der Waals surface area contributed by atoms with E-state index in [1.807, 2.05) is 43.3 Å². The van der Waals surface area contributed by atoms with Crippen LogP contribution < -0.4 is 0 Å². The lowest BCUT2D eigenvalue weighted by Gasteiger charge is -2.07. The Hall–Kier alpha value is -2.15. The number of hydrogen-bond donors (Lipinski definition) is 0. The van der Waals surface area contributed by atoms with Crippen LogP contribution in [0.3, 0.4) is 0 Å². The molecule has 0 fully saturated rings. The summed E-state index contributed by atoms with van der Waals surface area (Å²) in [5.74, 6) is 5.25. The van der Waals surface area contributed by atoms with Crippen LogP contribution in [-0.2, 0) is 0 Å². The van der Waals surface area contributed by atoms with Gasteiger partial charge >= 0.3 is 0 Å². The normalized spacial score (nSPS) is 9.56. The van der Waals surface area contributed by atoms with E-state index in [1.54, 1.807) is 0 Å². The monoisotopic (exact) mass is 250 g/mol. The molecular weight excluding hydrogens is 240 g/mol. The quantitative estimate of drug-likeness (QED) is 0.663. The minimum Gasteiger partial charge on any atom is -0.115 e. The molecule has 0 heterocycles. The second kappa shape index (κ2) is 5.01. The summed E-state index contributed by atoms with van der Waals surface area (Å²) in [5, 5.41) is 0.669. The first-order valence-electron chi connectivity index (χ1n) is 5.49. The van der Waals surface area contributed by atoms with E-state index in [1.165, 1.54) is 0 Å². The van der Waals surface area contributed by atoms with Gasteiger partial charge in [-0.2, -0.15) is 0 Å². The second-order valence-electron chi connectivity index (χ2n) is 4.07. The van der Waals surface area contributed by atoms with Gasteiger partial charge in [0.25, 0.3) is 0 Å². The van der Waals surface area contributed by atoms with Crippen molar-refractivity contribution in [2.24, 2.45) is 0 Å². The summed E-state index contributed by atoms with van der Waals surface area (Å²) < 4.78 is 0. The number of halogens is 1. The maximum absolute atomic E-state index is 6.22. The largest absolute Gasteiger partial charge is 0.115 e. The summed E-state index contributed by atoms with van der Waals surface area (Å²) in [6.07, 6.45) is 10.9. The molecule has 2 aromatic carbocycles. The van der Waals surface area contributed by atoms with Crippen LogP contribution in [-0.4, -0.2) is 0 Å². The van der Waals surface area contributed by atoms with E-state index in [9.17, 15) is 0 Å². The lowest BCUT2D eigenvalue weighted by Crippen LogP contribution is -1.86. The molecule has 0 spiro atoms. The van der Waals surface area contributed by atoms with Gasteiger partial charge in [0.2, 0.25) is 0 Å². The minimum atomic E-state index is 0.669. The topological polar surface area (TPSA) is 0 Å². The standard InChI is InChI=1S/C17H11Cl/c1-4-13-6-7-17(18)16(11-13)15-9-12(3)8-14(5-2)10-15/h1-2,6-11H,3H3. The van der Waals surface area contributed by atoms with E-state index in [0.717, 1.165) is 27.8 Å². The number of rotatable bonds is 1. The third-order valence-electron chi connectivity index (χ3n) is 2.69. The molecule has 0 aliphatic rings. The smallest absolute Gasteiger partial charge is 0.0485 e. The summed E-state index contributed by atoms with van der Waals surface area (Å²) in [4.78, 5) is 0. The summed E-state index contributed by atoms with van der Waals surface area (Å²) in [6, 6.07) is 11.5. The Morgan fingerprint density at radius 3 is 2.33 bits per heavy atom. The number of terminal acetylenes is 2. The molecule has 0 N–H and O–H groups in total. The first-order chi connectivity index (χ1) is 8.63. The Morgan fingerprint density at radius 1 is 0.944 bits per heavy atom. The summed E-state index contributed by atoms with van der Waals surface area (Å²) in [5.41, 5.74) is 4.64. The predicted molar refractivity (Wildman–Crippen MR) is 77.5 cm³/mol. The number of aryl methyl sites for hydroxylation is 1. The second-order valence-corrected chi connectivity index (χ2v) is 4.48. The van der Waals surface area contributed by atoms with Crippen molar-refractivity contribution in [1.29, 1.82) is 0 Å². The van der Waals surface area contributed by atoms with Gasteiger partial charge in [-0.3, -0.25) is 0 Å². The van der Waals surface area contributed by atoms with Gasteiger partial charge in [0.15, 0.2) is 0 Å². The number of benzene rings is 2. The Balaban J connectivity index is 2.66. The van der Waals surface area contributed by atoms with Gasteiger partial charge in [0, 0.05) is 21.7 Å². The average molecular weight is 251 g/mol. The molecule has 0 bridgehead atoms. The lowest BCUT2D eigenvalue weighted by molar-refractivity contribution is 1.45. The third-order valence-corrected chi connectivity index (χ3v) is 3.02. The highest BCUT2D eigenvalue weighted by Gasteiger charge is 2.06. The van der Waals surface area contributed by atoms with Crippen molar-refractivity contribution in [1.82, 2.24) is 0 Å². The zero-order valence-electron chi connectivity index (χ0n) is 10.00. The van der Waals surface area contributed by atoms with E-state index in [2.05, 4.69) is 11.8 Å². The van der Waals surface area contributed by atoms with Crippen LogP contribution in [0, 0.1) is 31.6 Å². The maximum atomic E-state index is 6.22. The zero-order valence-corrected chi connectivity index (χ0v) is 10.8. The van der Waals surface area contributed by atoms with Gasteiger partial charge in [-0.1, -0.05) is 29.5 Å². The fourth-order valence-electron chi connectivity index (χ4n) is 1.86. The molecule has 1 heteroatoms. The summed E-state index contributed by atoms with van der Waals surface area (Å²) >= 11 is 6.22. The van der Waals surface area contributed by atoms with Gasteiger partial charge in [-0.05, 0) is 48.4 Å². The van der Waals surface area contributed by atoms with E-state index >= 15 is 0 Å². The van der Waals surface area contributed by atoms with Gasteiger partial charge in [-0.25, -0.2) is 0 Å². The van der Waals surface area contributed by atoms with Gasteiger partial charge < -0.3 is 0 Å². The number of hydrogen-bond acceptors (Lipinski definition) is 0. The molecule has 0 amide bonds. The van der Waals surface area contributed by atoms with Crippen molar-refractivity contribution in [3.8, 4) is 35.8 Å². The van der Waals surface area contributed by atoms with Crippen LogP contribution in [0.2, 0.25) is 5.02 Å². The van der Waals surface area contributed by atoms with Crippen LogP contribution in [0.15, 0.2) is 36.4 Å².